The minimum Gasteiger partial charge on any atom is -0.377 e. The van der Waals surface area contributed by atoms with Crippen molar-refractivity contribution in [2.75, 3.05) is 19.0 Å². The number of anilines is 1. The van der Waals surface area contributed by atoms with E-state index < -0.39 is 0 Å². The normalized spacial score (nSPS) is 11.6. The Morgan fingerprint density at radius 1 is 1.07 bits per heavy atom. The van der Waals surface area contributed by atoms with Crippen LogP contribution in [0.25, 0.3) is 0 Å². The predicted octanol–water partition coefficient (Wildman–Crippen LogP) is 3.36. The molecule has 0 aliphatic rings. The van der Waals surface area contributed by atoms with Crippen molar-refractivity contribution < 1.29 is 0 Å². The first-order valence-electron chi connectivity index (χ1n) is 5.11. The van der Waals surface area contributed by atoms with Crippen molar-refractivity contribution in [1.82, 2.24) is 0 Å². The van der Waals surface area contributed by atoms with Crippen LogP contribution in [0.5, 0.6) is 0 Å². The highest BCUT2D eigenvalue weighted by molar-refractivity contribution is 5.57. The second kappa shape index (κ2) is 3.64. The Balaban J connectivity index is 3.29. The van der Waals surface area contributed by atoms with Crippen molar-refractivity contribution in [3.8, 4) is 0 Å². The van der Waals surface area contributed by atoms with Crippen LogP contribution >= 0.6 is 0 Å². The summed E-state index contributed by atoms with van der Waals surface area (Å²) < 4.78 is 0. The second-order valence-corrected chi connectivity index (χ2v) is 5.17. The lowest BCUT2D eigenvalue weighted by molar-refractivity contribution is 0.589. The first kappa shape index (κ1) is 11.1. The fourth-order valence-corrected chi connectivity index (χ4v) is 1.65. The van der Waals surface area contributed by atoms with Crippen molar-refractivity contribution >= 4 is 5.69 Å². The molecule has 0 atom stereocenters. The standard InChI is InChI=1S/C13H21N/c1-10-7-8-11(13(2,3)4)12(9-10)14(5)6/h7-9H,1-6H3. The molecular formula is C13H21N. The zero-order chi connectivity index (χ0) is 10.9. The molecule has 1 aromatic carbocycles. The third kappa shape index (κ3) is 2.28. The van der Waals surface area contributed by atoms with Gasteiger partial charge < -0.3 is 4.90 Å². The molecule has 0 unspecified atom stereocenters. The summed E-state index contributed by atoms with van der Waals surface area (Å²) in [6, 6.07) is 6.68. The van der Waals surface area contributed by atoms with Crippen LogP contribution in [0.15, 0.2) is 18.2 Å². The third-order valence-corrected chi connectivity index (χ3v) is 2.44. The fourth-order valence-electron chi connectivity index (χ4n) is 1.65. The Labute approximate surface area is 87.7 Å². The maximum Gasteiger partial charge on any atom is 0.0401 e. The SMILES string of the molecule is Cc1ccc(C(C)(C)C)c(N(C)C)c1. The van der Waals surface area contributed by atoms with Gasteiger partial charge in [-0.15, -0.1) is 0 Å². The third-order valence-electron chi connectivity index (χ3n) is 2.44. The van der Waals surface area contributed by atoms with Crippen LogP contribution in [0.4, 0.5) is 5.69 Å². The van der Waals surface area contributed by atoms with Gasteiger partial charge in [0.1, 0.15) is 0 Å². The van der Waals surface area contributed by atoms with E-state index in [1.807, 2.05) is 0 Å². The number of hydrogen-bond acceptors (Lipinski definition) is 1. The fraction of sp³-hybridized carbons (Fsp3) is 0.538. The number of rotatable bonds is 1. The average molecular weight is 191 g/mol. The Kier molecular flexibility index (Phi) is 2.89. The lowest BCUT2D eigenvalue weighted by Gasteiger charge is -2.27. The van der Waals surface area contributed by atoms with Gasteiger partial charge in [-0.3, -0.25) is 0 Å². The summed E-state index contributed by atoms with van der Waals surface area (Å²) in [7, 11) is 4.20. The molecule has 0 heterocycles. The van der Waals surface area contributed by atoms with Gasteiger partial charge in [0.05, 0.1) is 0 Å². The minimum absolute atomic E-state index is 0.216. The van der Waals surface area contributed by atoms with Gasteiger partial charge >= 0.3 is 0 Å². The molecule has 0 amide bonds. The van der Waals surface area contributed by atoms with Crippen LogP contribution in [0.3, 0.4) is 0 Å². The molecule has 0 aromatic heterocycles. The molecule has 14 heavy (non-hydrogen) atoms. The van der Waals surface area contributed by atoms with Crippen molar-refractivity contribution in [3.63, 3.8) is 0 Å². The molecule has 0 aliphatic heterocycles. The molecule has 0 saturated heterocycles. The summed E-state index contributed by atoms with van der Waals surface area (Å²) in [6.07, 6.45) is 0. The van der Waals surface area contributed by atoms with Gasteiger partial charge in [-0.25, -0.2) is 0 Å². The van der Waals surface area contributed by atoms with E-state index in [2.05, 4.69) is 64.9 Å². The zero-order valence-corrected chi connectivity index (χ0v) is 10.2. The average Bonchev–Trinajstić information content (AvgIpc) is 2.01. The molecule has 0 aliphatic carbocycles. The predicted molar refractivity (Wildman–Crippen MR) is 64.2 cm³/mol. The molecule has 1 rings (SSSR count). The minimum atomic E-state index is 0.216. The molecule has 0 bridgehead atoms. The van der Waals surface area contributed by atoms with Gasteiger partial charge in [-0.1, -0.05) is 32.9 Å². The molecule has 0 radical (unpaired) electrons. The van der Waals surface area contributed by atoms with E-state index >= 15 is 0 Å². The lowest BCUT2D eigenvalue weighted by atomic mass is 9.85. The van der Waals surface area contributed by atoms with Crippen LogP contribution in [-0.4, -0.2) is 14.1 Å². The summed E-state index contributed by atoms with van der Waals surface area (Å²) in [4.78, 5) is 2.19. The highest BCUT2D eigenvalue weighted by Crippen LogP contribution is 2.31. The van der Waals surface area contributed by atoms with Crippen molar-refractivity contribution in [2.24, 2.45) is 0 Å². The van der Waals surface area contributed by atoms with Crippen LogP contribution < -0.4 is 4.90 Å². The van der Waals surface area contributed by atoms with Crippen molar-refractivity contribution in [1.29, 1.82) is 0 Å². The highest BCUT2D eigenvalue weighted by atomic mass is 15.1. The van der Waals surface area contributed by atoms with E-state index in [0.717, 1.165) is 0 Å². The van der Waals surface area contributed by atoms with Crippen molar-refractivity contribution in [3.05, 3.63) is 29.3 Å². The topological polar surface area (TPSA) is 3.24 Å². The van der Waals surface area contributed by atoms with Crippen LogP contribution in [0, 0.1) is 6.92 Å². The second-order valence-electron chi connectivity index (χ2n) is 5.17. The molecule has 78 valence electrons. The van der Waals surface area contributed by atoms with E-state index in [4.69, 9.17) is 0 Å². The Morgan fingerprint density at radius 2 is 1.64 bits per heavy atom. The summed E-state index contributed by atoms with van der Waals surface area (Å²) in [5.41, 5.74) is 4.28. The van der Waals surface area contributed by atoms with Gasteiger partial charge in [0.2, 0.25) is 0 Å². The molecule has 0 fully saturated rings. The molecule has 1 aromatic rings. The van der Waals surface area contributed by atoms with Gasteiger partial charge in [0, 0.05) is 19.8 Å². The largest absolute Gasteiger partial charge is 0.377 e. The first-order valence-corrected chi connectivity index (χ1v) is 5.11. The van der Waals surface area contributed by atoms with Gasteiger partial charge in [-0.2, -0.15) is 0 Å². The van der Waals surface area contributed by atoms with E-state index in [0.29, 0.717) is 0 Å². The zero-order valence-electron chi connectivity index (χ0n) is 10.2. The van der Waals surface area contributed by atoms with Crippen LogP contribution in [0.1, 0.15) is 31.9 Å². The van der Waals surface area contributed by atoms with E-state index in [1.165, 1.54) is 16.8 Å². The van der Waals surface area contributed by atoms with Crippen LogP contribution in [-0.2, 0) is 5.41 Å². The summed E-state index contributed by atoms with van der Waals surface area (Å²) >= 11 is 0. The van der Waals surface area contributed by atoms with E-state index in [9.17, 15) is 0 Å². The highest BCUT2D eigenvalue weighted by Gasteiger charge is 2.18. The number of aryl methyl sites for hydroxylation is 1. The number of benzene rings is 1. The maximum atomic E-state index is 2.25. The first-order chi connectivity index (χ1) is 6.32. The summed E-state index contributed by atoms with van der Waals surface area (Å²) in [5, 5.41) is 0. The van der Waals surface area contributed by atoms with E-state index in [1.54, 1.807) is 0 Å². The summed E-state index contributed by atoms with van der Waals surface area (Å²) in [6.45, 7) is 8.90. The van der Waals surface area contributed by atoms with Gasteiger partial charge in [0.15, 0.2) is 0 Å². The van der Waals surface area contributed by atoms with Crippen molar-refractivity contribution in [2.45, 2.75) is 33.1 Å². The Morgan fingerprint density at radius 3 is 2.07 bits per heavy atom. The number of hydrogen-bond donors (Lipinski definition) is 0. The monoisotopic (exact) mass is 191 g/mol. The lowest BCUT2D eigenvalue weighted by Crippen LogP contribution is -2.19. The molecule has 0 spiro atoms. The van der Waals surface area contributed by atoms with Crippen LogP contribution in [0.2, 0.25) is 0 Å². The van der Waals surface area contributed by atoms with Gasteiger partial charge in [-0.05, 0) is 29.5 Å². The maximum absolute atomic E-state index is 2.25. The molecule has 0 saturated carbocycles. The summed E-state index contributed by atoms with van der Waals surface area (Å²) in [5.74, 6) is 0. The Bertz CT molecular complexity index is 318. The quantitative estimate of drug-likeness (QED) is 0.658. The molecule has 1 nitrogen and oxygen atoms in total. The molecule has 0 N–H and O–H groups in total. The van der Waals surface area contributed by atoms with E-state index in [-0.39, 0.29) is 5.41 Å². The smallest absolute Gasteiger partial charge is 0.0401 e. The van der Waals surface area contributed by atoms with Gasteiger partial charge in [0.25, 0.3) is 0 Å². The Hall–Kier alpha value is -0.980. The number of nitrogens with zero attached hydrogens (tertiary/aromatic N) is 1. The molecular weight excluding hydrogens is 170 g/mol. The molecule has 1 heteroatoms.